The van der Waals surface area contributed by atoms with E-state index < -0.39 is 0 Å². The second-order valence-electron chi connectivity index (χ2n) is 5.33. The Balaban J connectivity index is 1.70. The van der Waals surface area contributed by atoms with Gasteiger partial charge in [0.25, 0.3) is 0 Å². The SMILES string of the molecule is Cc1ccc(CNCc2cccc3ccccc23)cc1F. The van der Waals surface area contributed by atoms with Gasteiger partial charge in [-0.05, 0) is 40.5 Å². The van der Waals surface area contributed by atoms with E-state index in [1.807, 2.05) is 12.1 Å². The third kappa shape index (κ3) is 3.11. The Morgan fingerprint density at radius 1 is 0.905 bits per heavy atom. The lowest BCUT2D eigenvalue weighted by atomic mass is 10.0. The first-order chi connectivity index (χ1) is 10.2. The van der Waals surface area contributed by atoms with E-state index in [0.717, 1.165) is 12.1 Å². The number of hydrogen-bond acceptors (Lipinski definition) is 1. The third-order valence-corrected chi connectivity index (χ3v) is 3.76. The molecule has 2 heteroatoms. The van der Waals surface area contributed by atoms with Crippen LogP contribution in [0.4, 0.5) is 4.39 Å². The van der Waals surface area contributed by atoms with Crippen molar-refractivity contribution in [1.82, 2.24) is 5.32 Å². The van der Waals surface area contributed by atoms with Crippen molar-refractivity contribution < 1.29 is 4.39 Å². The minimum atomic E-state index is -0.139. The largest absolute Gasteiger partial charge is 0.309 e. The molecule has 0 radical (unpaired) electrons. The van der Waals surface area contributed by atoms with Gasteiger partial charge in [-0.15, -0.1) is 0 Å². The predicted molar refractivity (Wildman–Crippen MR) is 85.6 cm³/mol. The Hall–Kier alpha value is -2.19. The number of aryl methyl sites for hydroxylation is 1. The smallest absolute Gasteiger partial charge is 0.126 e. The zero-order valence-electron chi connectivity index (χ0n) is 12.1. The Kier molecular flexibility index (Phi) is 3.98. The van der Waals surface area contributed by atoms with Gasteiger partial charge < -0.3 is 5.32 Å². The molecule has 0 heterocycles. The molecule has 3 aromatic rings. The molecule has 3 aromatic carbocycles. The van der Waals surface area contributed by atoms with Crippen LogP contribution in [0, 0.1) is 12.7 Å². The molecular weight excluding hydrogens is 261 g/mol. The van der Waals surface area contributed by atoms with Crippen LogP contribution in [0.5, 0.6) is 0 Å². The van der Waals surface area contributed by atoms with E-state index in [4.69, 9.17) is 0 Å². The van der Waals surface area contributed by atoms with Crippen LogP contribution < -0.4 is 5.32 Å². The van der Waals surface area contributed by atoms with Crippen LogP contribution in [-0.2, 0) is 13.1 Å². The van der Waals surface area contributed by atoms with Gasteiger partial charge in [0.1, 0.15) is 5.82 Å². The fourth-order valence-corrected chi connectivity index (χ4v) is 2.53. The van der Waals surface area contributed by atoms with Crippen molar-refractivity contribution in [2.45, 2.75) is 20.0 Å². The van der Waals surface area contributed by atoms with Crippen molar-refractivity contribution >= 4 is 10.8 Å². The van der Waals surface area contributed by atoms with Crippen LogP contribution in [0.3, 0.4) is 0 Å². The molecule has 0 atom stereocenters. The average Bonchev–Trinajstić information content (AvgIpc) is 2.51. The molecule has 1 nitrogen and oxygen atoms in total. The molecule has 0 saturated heterocycles. The highest BCUT2D eigenvalue weighted by atomic mass is 19.1. The second-order valence-corrected chi connectivity index (χ2v) is 5.33. The van der Waals surface area contributed by atoms with E-state index in [2.05, 4.69) is 47.8 Å². The minimum Gasteiger partial charge on any atom is -0.309 e. The van der Waals surface area contributed by atoms with E-state index in [1.54, 1.807) is 13.0 Å². The summed E-state index contributed by atoms with van der Waals surface area (Å²) in [6.45, 7) is 3.22. The van der Waals surface area contributed by atoms with Gasteiger partial charge in [-0.3, -0.25) is 0 Å². The van der Waals surface area contributed by atoms with E-state index in [9.17, 15) is 4.39 Å². The molecule has 0 aromatic heterocycles. The maximum atomic E-state index is 13.5. The molecule has 21 heavy (non-hydrogen) atoms. The van der Waals surface area contributed by atoms with Gasteiger partial charge in [0.2, 0.25) is 0 Å². The molecule has 0 amide bonds. The highest BCUT2D eigenvalue weighted by Crippen LogP contribution is 2.18. The first-order valence-corrected chi connectivity index (χ1v) is 7.16. The maximum Gasteiger partial charge on any atom is 0.126 e. The number of fused-ring (bicyclic) bond motifs is 1. The number of benzene rings is 3. The highest BCUT2D eigenvalue weighted by molar-refractivity contribution is 5.85. The maximum absolute atomic E-state index is 13.5. The lowest BCUT2D eigenvalue weighted by Crippen LogP contribution is -2.13. The van der Waals surface area contributed by atoms with Crippen molar-refractivity contribution in [3.8, 4) is 0 Å². The fourth-order valence-electron chi connectivity index (χ4n) is 2.53. The van der Waals surface area contributed by atoms with Gasteiger partial charge in [-0.1, -0.05) is 54.6 Å². The molecule has 0 fully saturated rings. The summed E-state index contributed by atoms with van der Waals surface area (Å²) in [5, 5.41) is 5.90. The Morgan fingerprint density at radius 3 is 2.57 bits per heavy atom. The molecule has 0 aliphatic carbocycles. The van der Waals surface area contributed by atoms with Crippen LogP contribution in [-0.4, -0.2) is 0 Å². The summed E-state index contributed by atoms with van der Waals surface area (Å²) in [5.41, 5.74) is 2.92. The Bertz CT molecular complexity index is 759. The molecule has 0 unspecified atom stereocenters. The molecule has 106 valence electrons. The van der Waals surface area contributed by atoms with Crippen molar-refractivity contribution in [1.29, 1.82) is 0 Å². The summed E-state index contributed by atoms with van der Waals surface area (Å²) < 4.78 is 13.5. The van der Waals surface area contributed by atoms with Gasteiger partial charge in [0, 0.05) is 13.1 Å². The quantitative estimate of drug-likeness (QED) is 0.737. The van der Waals surface area contributed by atoms with Gasteiger partial charge in [-0.2, -0.15) is 0 Å². The van der Waals surface area contributed by atoms with E-state index in [-0.39, 0.29) is 5.82 Å². The summed E-state index contributed by atoms with van der Waals surface area (Å²) >= 11 is 0. The van der Waals surface area contributed by atoms with Crippen molar-refractivity contribution in [3.63, 3.8) is 0 Å². The van der Waals surface area contributed by atoms with E-state index in [0.29, 0.717) is 12.1 Å². The van der Waals surface area contributed by atoms with Crippen LogP contribution in [0.1, 0.15) is 16.7 Å². The van der Waals surface area contributed by atoms with Crippen LogP contribution in [0.2, 0.25) is 0 Å². The average molecular weight is 279 g/mol. The van der Waals surface area contributed by atoms with Crippen LogP contribution in [0.15, 0.2) is 60.7 Å². The highest BCUT2D eigenvalue weighted by Gasteiger charge is 2.02. The molecule has 0 bridgehead atoms. The molecule has 0 aliphatic heterocycles. The summed E-state index contributed by atoms with van der Waals surface area (Å²) in [5.74, 6) is -0.139. The van der Waals surface area contributed by atoms with E-state index >= 15 is 0 Å². The zero-order valence-corrected chi connectivity index (χ0v) is 12.1. The summed E-state index contributed by atoms with van der Waals surface area (Å²) in [6.07, 6.45) is 0. The predicted octanol–water partition coefficient (Wildman–Crippen LogP) is 4.58. The summed E-state index contributed by atoms with van der Waals surface area (Å²) in [7, 11) is 0. The second kappa shape index (κ2) is 6.06. The number of nitrogens with one attached hydrogen (secondary N) is 1. The lowest BCUT2D eigenvalue weighted by Gasteiger charge is -2.09. The van der Waals surface area contributed by atoms with Crippen molar-refractivity contribution in [2.75, 3.05) is 0 Å². The lowest BCUT2D eigenvalue weighted by molar-refractivity contribution is 0.611. The molecule has 0 saturated carbocycles. The number of rotatable bonds is 4. The molecule has 1 N–H and O–H groups in total. The number of halogens is 1. The van der Waals surface area contributed by atoms with Crippen molar-refractivity contribution in [2.24, 2.45) is 0 Å². The fraction of sp³-hybridized carbons (Fsp3) is 0.158. The molecule has 3 rings (SSSR count). The van der Waals surface area contributed by atoms with Crippen LogP contribution >= 0.6 is 0 Å². The van der Waals surface area contributed by atoms with Crippen molar-refractivity contribution in [3.05, 3.63) is 83.2 Å². The summed E-state index contributed by atoms with van der Waals surface area (Å²) in [4.78, 5) is 0. The Morgan fingerprint density at radius 2 is 1.71 bits per heavy atom. The molecular formula is C19H18FN. The van der Waals surface area contributed by atoms with Gasteiger partial charge in [-0.25, -0.2) is 4.39 Å². The topological polar surface area (TPSA) is 12.0 Å². The summed E-state index contributed by atoms with van der Waals surface area (Å²) in [6, 6.07) is 20.1. The van der Waals surface area contributed by atoms with Gasteiger partial charge in [0.15, 0.2) is 0 Å². The van der Waals surface area contributed by atoms with E-state index in [1.165, 1.54) is 16.3 Å². The third-order valence-electron chi connectivity index (χ3n) is 3.76. The first-order valence-electron chi connectivity index (χ1n) is 7.16. The first kappa shape index (κ1) is 13.8. The number of hydrogen-bond donors (Lipinski definition) is 1. The molecule has 0 spiro atoms. The van der Waals surface area contributed by atoms with Gasteiger partial charge >= 0.3 is 0 Å². The normalized spacial score (nSPS) is 11.0. The van der Waals surface area contributed by atoms with Gasteiger partial charge in [0.05, 0.1) is 0 Å². The molecule has 0 aliphatic rings. The minimum absolute atomic E-state index is 0.139. The monoisotopic (exact) mass is 279 g/mol. The zero-order chi connectivity index (χ0) is 14.7. The standard InChI is InChI=1S/C19H18FN/c1-14-9-10-15(11-19(14)20)12-21-13-17-7-4-6-16-5-2-3-8-18(16)17/h2-11,21H,12-13H2,1H3. The Labute approximate surface area is 124 Å². The van der Waals surface area contributed by atoms with Crippen LogP contribution in [0.25, 0.3) is 10.8 Å².